The van der Waals surface area contributed by atoms with Gasteiger partial charge in [0.1, 0.15) is 5.75 Å². The third-order valence-corrected chi connectivity index (χ3v) is 5.26. The molecule has 26 heavy (non-hydrogen) atoms. The average Bonchev–Trinajstić information content (AvgIpc) is 2.65. The molecule has 4 nitrogen and oxygen atoms in total. The van der Waals surface area contributed by atoms with Crippen molar-refractivity contribution >= 4 is 17.4 Å². The average molecular weight is 375 g/mol. The summed E-state index contributed by atoms with van der Waals surface area (Å²) in [6.45, 7) is 4.52. The SMILES string of the molecule is CSc1cc(C(O)CNCCCCN(C)c2ccc(C)cc2)ccc1O. The van der Waals surface area contributed by atoms with Gasteiger partial charge in [-0.3, -0.25) is 0 Å². The number of nitrogens with one attached hydrogen (secondary N) is 1. The first-order valence-corrected chi connectivity index (χ1v) is 10.3. The minimum Gasteiger partial charge on any atom is -0.507 e. The maximum absolute atomic E-state index is 10.3. The summed E-state index contributed by atoms with van der Waals surface area (Å²) in [5.41, 5.74) is 3.36. The molecule has 0 saturated heterocycles. The molecule has 1 unspecified atom stereocenters. The van der Waals surface area contributed by atoms with Crippen molar-refractivity contribution in [3.05, 3.63) is 53.6 Å². The topological polar surface area (TPSA) is 55.7 Å². The Kier molecular flexibility index (Phi) is 8.29. The Bertz CT molecular complexity index is 676. The number of aryl methyl sites for hydroxylation is 1. The Morgan fingerprint density at radius 1 is 1.12 bits per heavy atom. The molecular formula is C21H30N2O2S. The van der Waals surface area contributed by atoms with Crippen LogP contribution in [0.25, 0.3) is 0 Å². The van der Waals surface area contributed by atoms with Crippen LogP contribution in [-0.4, -0.2) is 43.2 Å². The standard InChI is InChI=1S/C21H30N2O2S/c1-16-6-9-18(10-7-16)23(2)13-5-4-12-22-15-20(25)17-8-11-19(24)21(14-17)26-3/h6-11,14,20,22,24-25H,4-5,12-13,15H2,1-3H3. The van der Waals surface area contributed by atoms with Gasteiger partial charge in [0.05, 0.1) is 6.10 Å². The molecule has 1 atom stereocenters. The zero-order valence-electron chi connectivity index (χ0n) is 15.9. The number of aromatic hydroxyl groups is 1. The third-order valence-electron chi connectivity index (χ3n) is 4.50. The van der Waals surface area contributed by atoms with E-state index in [1.54, 1.807) is 12.1 Å². The van der Waals surface area contributed by atoms with Gasteiger partial charge in [-0.1, -0.05) is 23.8 Å². The first kappa shape index (κ1) is 20.6. The van der Waals surface area contributed by atoms with Crippen LogP contribution in [0.4, 0.5) is 5.69 Å². The number of rotatable bonds is 10. The number of aliphatic hydroxyl groups excluding tert-OH is 1. The smallest absolute Gasteiger partial charge is 0.129 e. The van der Waals surface area contributed by atoms with Gasteiger partial charge in [-0.25, -0.2) is 0 Å². The fourth-order valence-corrected chi connectivity index (χ4v) is 3.32. The molecule has 0 saturated carbocycles. The molecule has 0 aromatic heterocycles. The molecule has 0 spiro atoms. The van der Waals surface area contributed by atoms with E-state index in [4.69, 9.17) is 0 Å². The maximum Gasteiger partial charge on any atom is 0.129 e. The summed E-state index contributed by atoms with van der Waals surface area (Å²) in [7, 11) is 2.12. The molecule has 142 valence electrons. The van der Waals surface area contributed by atoms with Crippen LogP contribution >= 0.6 is 11.8 Å². The molecule has 0 aliphatic carbocycles. The number of aliphatic hydroxyl groups is 1. The summed E-state index contributed by atoms with van der Waals surface area (Å²) in [6, 6.07) is 13.9. The number of unbranched alkanes of at least 4 members (excludes halogenated alkanes) is 1. The van der Waals surface area contributed by atoms with Crippen LogP contribution in [0.2, 0.25) is 0 Å². The minimum atomic E-state index is -0.559. The van der Waals surface area contributed by atoms with Gasteiger partial charge in [0, 0.05) is 30.7 Å². The molecule has 3 N–H and O–H groups in total. The molecule has 0 bridgehead atoms. The fraction of sp³-hybridized carbons (Fsp3) is 0.429. The lowest BCUT2D eigenvalue weighted by molar-refractivity contribution is 0.174. The first-order chi connectivity index (χ1) is 12.5. The number of phenols is 1. The maximum atomic E-state index is 10.3. The summed E-state index contributed by atoms with van der Waals surface area (Å²) in [5, 5.41) is 23.3. The highest BCUT2D eigenvalue weighted by molar-refractivity contribution is 7.98. The molecular weight excluding hydrogens is 344 g/mol. The quantitative estimate of drug-likeness (QED) is 0.434. The number of hydrogen-bond donors (Lipinski definition) is 3. The molecule has 0 aliphatic heterocycles. The van der Waals surface area contributed by atoms with Crippen molar-refractivity contribution in [2.75, 3.05) is 37.8 Å². The lowest BCUT2D eigenvalue weighted by atomic mass is 10.1. The Labute approximate surface area is 161 Å². The molecule has 2 aromatic carbocycles. The molecule has 2 rings (SSSR count). The van der Waals surface area contributed by atoms with Gasteiger partial charge in [-0.2, -0.15) is 0 Å². The lowest BCUT2D eigenvalue weighted by Gasteiger charge is -2.19. The Hall–Kier alpha value is -1.69. The summed E-state index contributed by atoms with van der Waals surface area (Å²) >= 11 is 1.48. The molecule has 0 amide bonds. The zero-order valence-corrected chi connectivity index (χ0v) is 16.7. The van der Waals surface area contributed by atoms with E-state index in [2.05, 4.69) is 48.5 Å². The number of anilines is 1. The predicted octanol–water partition coefficient (Wildman–Crippen LogP) is 3.96. The van der Waals surface area contributed by atoms with Crippen LogP contribution in [0.3, 0.4) is 0 Å². The molecule has 0 heterocycles. The van der Waals surface area contributed by atoms with Crippen molar-refractivity contribution in [2.45, 2.75) is 30.8 Å². The van der Waals surface area contributed by atoms with Crippen LogP contribution in [0.1, 0.15) is 30.1 Å². The summed E-state index contributed by atoms with van der Waals surface area (Å²) in [4.78, 5) is 3.06. The summed E-state index contributed by atoms with van der Waals surface area (Å²) < 4.78 is 0. The molecule has 0 radical (unpaired) electrons. The van der Waals surface area contributed by atoms with Gasteiger partial charge in [0.2, 0.25) is 0 Å². The summed E-state index contributed by atoms with van der Waals surface area (Å²) in [5.74, 6) is 0.263. The van der Waals surface area contributed by atoms with E-state index < -0.39 is 6.10 Å². The highest BCUT2D eigenvalue weighted by Gasteiger charge is 2.10. The normalized spacial score (nSPS) is 12.2. The second kappa shape index (κ2) is 10.5. The Morgan fingerprint density at radius 3 is 2.54 bits per heavy atom. The fourth-order valence-electron chi connectivity index (χ4n) is 2.79. The van der Waals surface area contributed by atoms with Gasteiger partial charge in [-0.05, 0) is 62.4 Å². The minimum absolute atomic E-state index is 0.263. The number of phenolic OH excluding ortho intramolecular Hbond substituents is 1. The van der Waals surface area contributed by atoms with Crippen molar-refractivity contribution < 1.29 is 10.2 Å². The zero-order chi connectivity index (χ0) is 18.9. The van der Waals surface area contributed by atoms with Gasteiger partial charge in [0.25, 0.3) is 0 Å². The first-order valence-electron chi connectivity index (χ1n) is 9.04. The molecule has 2 aromatic rings. The van der Waals surface area contributed by atoms with Crippen molar-refractivity contribution in [3.63, 3.8) is 0 Å². The molecule has 0 fully saturated rings. The van der Waals surface area contributed by atoms with E-state index >= 15 is 0 Å². The van der Waals surface area contributed by atoms with Crippen LogP contribution in [0.15, 0.2) is 47.4 Å². The van der Waals surface area contributed by atoms with Crippen LogP contribution in [0, 0.1) is 6.92 Å². The largest absolute Gasteiger partial charge is 0.507 e. The van der Waals surface area contributed by atoms with E-state index in [9.17, 15) is 10.2 Å². The number of nitrogens with zero attached hydrogens (tertiary/aromatic N) is 1. The van der Waals surface area contributed by atoms with Crippen molar-refractivity contribution in [1.82, 2.24) is 5.32 Å². The van der Waals surface area contributed by atoms with Crippen LogP contribution < -0.4 is 10.2 Å². The van der Waals surface area contributed by atoms with E-state index in [0.29, 0.717) is 6.54 Å². The van der Waals surface area contributed by atoms with Crippen LogP contribution in [-0.2, 0) is 0 Å². The highest BCUT2D eigenvalue weighted by Crippen LogP contribution is 2.29. The molecule has 0 aliphatic rings. The predicted molar refractivity (Wildman–Crippen MR) is 111 cm³/mol. The number of thioether (sulfide) groups is 1. The van der Waals surface area contributed by atoms with Crippen molar-refractivity contribution in [3.8, 4) is 5.75 Å². The van der Waals surface area contributed by atoms with Crippen molar-refractivity contribution in [2.24, 2.45) is 0 Å². The second-order valence-corrected chi connectivity index (χ2v) is 7.46. The summed E-state index contributed by atoms with van der Waals surface area (Å²) in [6.07, 6.45) is 3.52. The monoisotopic (exact) mass is 374 g/mol. The highest BCUT2D eigenvalue weighted by atomic mass is 32.2. The van der Waals surface area contributed by atoms with E-state index in [0.717, 1.165) is 36.4 Å². The van der Waals surface area contributed by atoms with Gasteiger partial charge >= 0.3 is 0 Å². The van der Waals surface area contributed by atoms with E-state index in [1.165, 1.54) is 23.0 Å². The molecule has 5 heteroatoms. The Morgan fingerprint density at radius 2 is 1.85 bits per heavy atom. The van der Waals surface area contributed by atoms with Crippen molar-refractivity contribution in [1.29, 1.82) is 0 Å². The van der Waals surface area contributed by atoms with Gasteiger partial charge in [0.15, 0.2) is 0 Å². The lowest BCUT2D eigenvalue weighted by Crippen LogP contribution is -2.24. The Balaban J connectivity index is 1.65. The van der Waals surface area contributed by atoms with E-state index in [1.807, 2.05) is 12.3 Å². The van der Waals surface area contributed by atoms with Gasteiger partial charge < -0.3 is 20.4 Å². The number of benzene rings is 2. The van der Waals surface area contributed by atoms with Crippen LogP contribution in [0.5, 0.6) is 5.75 Å². The second-order valence-electron chi connectivity index (χ2n) is 6.62. The number of hydrogen-bond acceptors (Lipinski definition) is 5. The third kappa shape index (κ3) is 6.24. The van der Waals surface area contributed by atoms with Gasteiger partial charge in [-0.15, -0.1) is 11.8 Å². The van der Waals surface area contributed by atoms with E-state index in [-0.39, 0.29) is 5.75 Å².